The first-order chi connectivity index (χ1) is 10.6. The Labute approximate surface area is 137 Å². The molecule has 0 aliphatic rings. The summed E-state index contributed by atoms with van der Waals surface area (Å²) in [6.45, 7) is 1.36. The number of hydrogen-bond donors (Lipinski definition) is 2. The molecule has 0 aliphatic heterocycles. The first-order valence-corrected chi connectivity index (χ1v) is 7.74. The first-order valence-electron chi connectivity index (χ1n) is 6.95. The van der Waals surface area contributed by atoms with Crippen molar-refractivity contribution in [2.75, 3.05) is 6.54 Å². The van der Waals surface area contributed by atoms with E-state index in [1.807, 2.05) is 12.1 Å². The van der Waals surface area contributed by atoms with E-state index in [-0.39, 0.29) is 11.7 Å². The van der Waals surface area contributed by atoms with Crippen molar-refractivity contribution in [2.45, 2.75) is 19.5 Å². The summed E-state index contributed by atoms with van der Waals surface area (Å²) < 4.78 is 14.3. The zero-order valence-electron chi connectivity index (χ0n) is 12.0. The van der Waals surface area contributed by atoms with Crippen molar-refractivity contribution < 1.29 is 9.18 Å². The van der Waals surface area contributed by atoms with Crippen LogP contribution in [-0.4, -0.2) is 17.4 Å². The van der Waals surface area contributed by atoms with Gasteiger partial charge in [0.05, 0.1) is 0 Å². The van der Waals surface area contributed by atoms with E-state index in [4.69, 9.17) is 0 Å². The molecular weight excluding hydrogens is 349 g/mol. The van der Waals surface area contributed by atoms with Gasteiger partial charge in [-0.3, -0.25) is 9.78 Å². The Morgan fingerprint density at radius 2 is 2.14 bits per heavy atom. The monoisotopic (exact) mass is 365 g/mol. The Balaban J connectivity index is 1.65. The lowest BCUT2D eigenvalue weighted by Crippen LogP contribution is -2.27. The van der Waals surface area contributed by atoms with Crippen LogP contribution in [0.3, 0.4) is 0 Å². The zero-order valence-corrected chi connectivity index (χ0v) is 13.6. The van der Waals surface area contributed by atoms with E-state index in [1.54, 1.807) is 24.5 Å². The van der Waals surface area contributed by atoms with E-state index >= 15 is 0 Å². The molecule has 0 fully saturated rings. The van der Waals surface area contributed by atoms with Crippen LogP contribution in [0.15, 0.2) is 47.2 Å². The van der Waals surface area contributed by atoms with Gasteiger partial charge in [-0.25, -0.2) is 4.39 Å². The summed E-state index contributed by atoms with van der Waals surface area (Å²) in [6.07, 6.45) is 3.75. The molecule has 0 radical (unpaired) electrons. The second-order valence-corrected chi connectivity index (χ2v) is 5.72. The number of halogens is 2. The second-order valence-electron chi connectivity index (χ2n) is 4.80. The molecule has 0 unspecified atom stereocenters. The molecule has 0 spiro atoms. The predicted molar refractivity (Wildman–Crippen MR) is 86.5 cm³/mol. The molecule has 0 atom stereocenters. The van der Waals surface area contributed by atoms with Crippen molar-refractivity contribution in [2.24, 2.45) is 0 Å². The van der Waals surface area contributed by atoms with Gasteiger partial charge in [0, 0.05) is 48.5 Å². The summed E-state index contributed by atoms with van der Waals surface area (Å²) in [4.78, 5) is 15.7. The number of rotatable bonds is 7. The van der Waals surface area contributed by atoms with E-state index in [0.717, 1.165) is 5.56 Å². The maximum Gasteiger partial charge on any atom is 0.221 e. The van der Waals surface area contributed by atoms with Crippen LogP contribution in [0.1, 0.15) is 17.5 Å². The number of carbonyl (C=O) groups excluding carboxylic acids is 1. The maximum absolute atomic E-state index is 13.6. The molecule has 2 aromatic rings. The van der Waals surface area contributed by atoms with Crippen molar-refractivity contribution in [3.8, 4) is 0 Å². The lowest BCUT2D eigenvalue weighted by Gasteiger charge is -2.07. The van der Waals surface area contributed by atoms with Gasteiger partial charge in [0.25, 0.3) is 0 Å². The van der Waals surface area contributed by atoms with Crippen molar-refractivity contribution in [3.05, 3.63) is 64.1 Å². The fourth-order valence-corrected chi connectivity index (χ4v) is 2.21. The third-order valence-corrected chi connectivity index (χ3v) is 3.57. The molecule has 2 rings (SSSR count). The largest absolute Gasteiger partial charge is 0.352 e. The van der Waals surface area contributed by atoms with Gasteiger partial charge < -0.3 is 10.6 Å². The third-order valence-electron chi connectivity index (χ3n) is 3.07. The highest BCUT2D eigenvalue weighted by Crippen LogP contribution is 2.14. The number of hydrogen-bond acceptors (Lipinski definition) is 3. The van der Waals surface area contributed by atoms with Crippen LogP contribution >= 0.6 is 15.9 Å². The average Bonchev–Trinajstić information content (AvgIpc) is 2.52. The highest BCUT2D eigenvalue weighted by atomic mass is 79.9. The molecule has 1 amide bonds. The summed E-state index contributed by atoms with van der Waals surface area (Å²) in [5, 5.41) is 5.88. The Kier molecular flexibility index (Phi) is 6.48. The van der Waals surface area contributed by atoms with Gasteiger partial charge in [-0.2, -0.15) is 0 Å². The summed E-state index contributed by atoms with van der Waals surface area (Å²) in [6, 6.07) is 8.67. The summed E-state index contributed by atoms with van der Waals surface area (Å²) in [5.41, 5.74) is 1.54. The summed E-state index contributed by atoms with van der Waals surface area (Å²) in [7, 11) is 0. The van der Waals surface area contributed by atoms with E-state index < -0.39 is 0 Å². The standard InChI is InChI=1S/C16H17BrFN3O/c17-14-4-3-13(15(18)8-14)11-20-7-5-16(22)21-10-12-2-1-6-19-9-12/h1-4,6,8-9,20H,5,7,10-11H2,(H,21,22). The Morgan fingerprint density at radius 3 is 2.86 bits per heavy atom. The van der Waals surface area contributed by atoms with Gasteiger partial charge in [-0.05, 0) is 23.8 Å². The minimum atomic E-state index is -0.261. The smallest absolute Gasteiger partial charge is 0.221 e. The van der Waals surface area contributed by atoms with Crippen molar-refractivity contribution >= 4 is 21.8 Å². The number of nitrogens with zero attached hydrogens (tertiary/aromatic N) is 1. The van der Waals surface area contributed by atoms with Crippen LogP contribution in [0, 0.1) is 5.82 Å². The van der Waals surface area contributed by atoms with Gasteiger partial charge >= 0.3 is 0 Å². The molecule has 6 heteroatoms. The molecular formula is C16H17BrFN3O. The van der Waals surface area contributed by atoms with Crippen molar-refractivity contribution in [1.82, 2.24) is 15.6 Å². The highest BCUT2D eigenvalue weighted by Gasteiger charge is 2.04. The fourth-order valence-electron chi connectivity index (χ4n) is 1.88. The van der Waals surface area contributed by atoms with Crippen LogP contribution in [0.2, 0.25) is 0 Å². The molecule has 0 saturated heterocycles. The summed E-state index contributed by atoms with van der Waals surface area (Å²) in [5.74, 6) is -0.310. The Morgan fingerprint density at radius 1 is 1.27 bits per heavy atom. The van der Waals surface area contributed by atoms with Crippen molar-refractivity contribution in [1.29, 1.82) is 0 Å². The number of carbonyl (C=O) groups is 1. The molecule has 0 saturated carbocycles. The topological polar surface area (TPSA) is 54.0 Å². The lowest BCUT2D eigenvalue weighted by atomic mass is 10.2. The lowest BCUT2D eigenvalue weighted by molar-refractivity contribution is -0.121. The van der Waals surface area contributed by atoms with Crippen LogP contribution in [0.4, 0.5) is 4.39 Å². The van der Waals surface area contributed by atoms with Gasteiger partial charge in [-0.1, -0.05) is 28.1 Å². The molecule has 1 aromatic carbocycles. The predicted octanol–water partition coefficient (Wildman–Crippen LogP) is 2.78. The van der Waals surface area contributed by atoms with Crippen LogP contribution in [0.5, 0.6) is 0 Å². The maximum atomic E-state index is 13.6. The molecule has 22 heavy (non-hydrogen) atoms. The van der Waals surface area contributed by atoms with E-state index in [1.165, 1.54) is 6.07 Å². The Hall–Kier alpha value is -1.79. The van der Waals surface area contributed by atoms with E-state index in [0.29, 0.717) is 36.1 Å². The zero-order chi connectivity index (χ0) is 15.8. The van der Waals surface area contributed by atoms with E-state index in [9.17, 15) is 9.18 Å². The number of pyridine rings is 1. The van der Waals surface area contributed by atoms with Gasteiger partial charge in [0.2, 0.25) is 5.91 Å². The second kappa shape index (κ2) is 8.60. The van der Waals surface area contributed by atoms with Crippen LogP contribution in [0.25, 0.3) is 0 Å². The van der Waals surface area contributed by atoms with E-state index in [2.05, 4.69) is 31.5 Å². The average molecular weight is 366 g/mol. The van der Waals surface area contributed by atoms with Crippen LogP contribution in [-0.2, 0) is 17.9 Å². The van der Waals surface area contributed by atoms with Gasteiger partial charge in [0.1, 0.15) is 5.82 Å². The number of nitrogens with one attached hydrogen (secondary N) is 2. The first kappa shape index (κ1) is 16.6. The molecule has 0 aliphatic carbocycles. The molecule has 116 valence electrons. The fraction of sp³-hybridized carbons (Fsp3) is 0.250. The number of amides is 1. The SMILES string of the molecule is O=C(CCNCc1ccc(Br)cc1F)NCc1cccnc1. The molecule has 1 aromatic heterocycles. The molecule has 1 heterocycles. The number of aromatic nitrogens is 1. The molecule has 4 nitrogen and oxygen atoms in total. The minimum absolute atomic E-state index is 0.0485. The van der Waals surface area contributed by atoms with Gasteiger partial charge in [-0.15, -0.1) is 0 Å². The Bertz CT molecular complexity index is 622. The van der Waals surface area contributed by atoms with Gasteiger partial charge in [0.15, 0.2) is 0 Å². The van der Waals surface area contributed by atoms with Crippen molar-refractivity contribution in [3.63, 3.8) is 0 Å². The normalized spacial score (nSPS) is 10.5. The van der Waals surface area contributed by atoms with Crippen LogP contribution < -0.4 is 10.6 Å². The quantitative estimate of drug-likeness (QED) is 0.741. The number of benzene rings is 1. The summed E-state index contributed by atoms with van der Waals surface area (Å²) >= 11 is 3.22. The molecule has 0 bridgehead atoms. The third kappa shape index (κ3) is 5.54. The minimum Gasteiger partial charge on any atom is -0.352 e. The molecule has 2 N–H and O–H groups in total. The highest BCUT2D eigenvalue weighted by molar-refractivity contribution is 9.10.